The molecule has 2 rings (SSSR count). The quantitative estimate of drug-likeness (QED) is 0.775. The van der Waals surface area contributed by atoms with Gasteiger partial charge in [-0.15, -0.1) is 0 Å². The van der Waals surface area contributed by atoms with E-state index in [1.165, 1.54) is 32.4 Å². The highest BCUT2D eigenvalue weighted by Gasteiger charge is 2.24. The normalized spacial score (nSPS) is 12.5. The van der Waals surface area contributed by atoms with Crippen molar-refractivity contribution in [3.05, 3.63) is 58.6 Å². The van der Waals surface area contributed by atoms with Gasteiger partial charge in [-0.3, -0.25) is 0 Å². The topological polar surface area (TPSA) is 81.7 Å². The van der Waals surface area contributed by atoms with Crippen molar-refractivity contribution in [2.75, 3.05) is 14.2 Å². The number of rotatable bonds is 6. The Bertz CT molecular complexity index is 882. The molecule has 0 heterocycles. The number of hydrogen-bond donors (Lipinski definition) is 1. The molecule has 0 amide bonds. The SMILES string of the molecule is COC(=O)c1ccc(Cl)c(S(=O)(=O)N[C@H](C)c2ccccc2OC)c1. The van der Waals surface area contributed by atoms with Crippen LogP contribution in [0.4, 0.5) is 0 Å². The van der Waals surface area contributed by atoms with Crippen LogP contribution in [-0.2, 0) is 14.8 Å². The predicted molar refractivity (Wildman–Crippen MR) is 94.5 cm³/mol. The van der Waals surface area contributed by atoms with Gasteiger partial charge in [0.15, 0.2) is 0 Å². The van der Waals surface area contributed by atoms with Crippen LogP contribution in [0, 0.1) is 0 Å². The van der Waals surface area contributed by atoms with Gasteiger partial charge in [0.1, 0.15) is 10.6 Å². The van der Waals surface area contributed by atoms with Gasteiger partial charge in [-0.1, -0.05) is 29.8 Å². The van der Waals surface area contributed by atoms with E-state index in [9.17, 15) is 13.2 Å². The van der Waals surface area contributed by atoms with Crippen LogP contribution in [-0.4, -0.2) is 28.6 Å². The van der Waals surface area contributed by atoms with Crippen molar-refractivity contribution in [2.24, 2.45) is 0 Å². The van der Waals surface area contributed by atoms with E-state index in [2.05, 4.69) is 9.46 Å². The van der Waals surface area contributed by atoms with Crippen molar-refractivity contribution in [3.8, 4) is 5.75 Å². The average Bonchev–Trinajstić information content (AvgIpc) is 2.60. The molecule has 0 radical (unpaired) electrons. The Kier molecular flexibility index (Phi) is 6.05. The Morgan fingerprint density at radius 1 is 1.16 bits per heavy atom. The Hall–Kier alpha value is -2.09. The van der Waals surface area contributed by atoms with Gasteiger partial charge < -0.3 is 9.47 Å². The summed E-state index contributed by atoms with van der Waals surface area (Å²) in [6, 6.07) is 10.4. The fourth-order valence-electron chi connectivity index (χ4n) is 2.34. The molecule has 8 heteroatoms. The second-order valence-electron chi connectivity index (χ2n) is 5.22. The van der Waals surface area contributed by atoms with Gasteiger partial charge in [-0.2, -0.15) is 0 Å². The summed E-state index contributed by atoms with van der Waals surface area (Å²) in [5, 5.41) is 0.00683. The molecule has 0 unspecified atom stereocenters. The molecule has 0 aliphatic rings. The minimum absolute atomic E-state index is 0.00683. The molecule has 0 fully saturated rings. The molecule has 25 heavy (non-hydrogen) atoms. The zero-order chi connectivity index (χ0) is 18.6. The first-order chi connectivity index (χ1) is 11.8. The van der Waals surface area contributed by atoms with Crippen molar-refractivity contribution in [1.82, 2.24) is 4.72 Å². The van der Waals surface area contributed by atoms with E-state index in [1.54, 1.807) is 31.2 Å². The van der Waals surface area contributed by atoms with E-state index in [0.29, 0.717) is 11.3 Å². The number of carbonyl (C=O) groups is 1. The second-order valence-corrected chi connectivity index (χ2v) is 7.31. The summed E-state index contributed by atoms with van der Waals surface area (Å²) in [7, 11) is -1.25. The van der Waals surface area contributed by atoms with Gasteiger partial charge in [-0.25, -0.2) is 17.9 Å². The van der Waals surface area contributed by atoms with Crippen LogP contribution in [0.3, 0.4) is 0 Å². The number of ether oxygens (including phenoxy) is 2. The summed E-state index contributed by atoms with van der Waals surface area (Å²) in [4.78, 5) is 11.4. The number of carbonyl (C=O) groups excluding carboxylic acids is 1. The average molecular weight is 384 g/mol. The van der Waals surface area contributed by atoms with E-state index in [0.717, 1.165) is 0 Å². The lowest BCUT2D eigenvalue weighted by molar-refractivity contribution is 0.0600. The maximum absolute atomic E-state index is 12.7. The summed E-state index contributed by atoms with van der Waals surface area (Å²) >= 11 is 6.02. The molecule has 134 valence electrons. The fraction of sp³-hybridized carbons (Fsp3) is 0.235. The summed E-state index contributed by atoms with van der Waals surface area (Å²) in [6.45, 7) is 1.69. The zero-order valence-electron chi connectivity index (χ0n) is 13.9. The molecule has 2 aromatic carbocycles. The molecule has 0 spiro atoms. The number of para-hydroxylation sites is 1. The molecule has 1 N–H and O–H groups in total. The third-order valence-corrected chi connectivity index (χ3v) is 5.60. The molecular formula is C17H18ClNO5S. The van der Waals surface area contributed by atoms with Crippen molar-refractivity contribution in [2.45, 2.75) is 17.9 Å². The van der Waals surface area contributed by atoms with Crippen LogP contribution in [0.25, 0.3) is 0 Å². The first-order valence-electron chi connectivity index (χ1n) is 7.33. The maximum Gasteiger partial charge on any atom is 0.337 e. The van der Waals surface area contributed by atoms with Crippen molar-refractivity contribution in [3.63, 3.8) is 0 Å². The highest BCUT2D eigenvalue weighted by atomic mass is 35.5. The van der Waals surface area contributed by atoms with Gasteiger partial charge >= 0.3 is 5.97 Å². The number of halogens is 1. The third kappa shape index (κ3) is 4.31. The third-order valence-electron chi connectivity index (χ3n) is 3.58. The monoisotopic (exact) mass is 383 g/mol. The number of benzene rings is 2. The number of hydrogen-bond acceptors (Lipinski definition) is 5. The summed E-state index contributed by atoms with van der Waals surface area (Å²) in [5.41, 5.74) is 0.769. The van der Waals surface area contributed by atoms with Gasteiger partial charge in [-0.05, 0) is 31.2 Å². The number of sulfonamides is 1. The molecule has 0 aliphatic carbocycles. The highest BCUT2D eigenvalue weighted by molar-refractivity contribution is 7.89. The molecule has 0 bridgehead atoms. The molecule has 0 saturated carbocycles. The Morgan fingerprint density at radius 2 is 1.84 bits per heavy atom. The molecular weight excluding hydrogens is 366 g/mol. The molecule has 1 atom stereocenters. The fourth-order valence-corrected chi connectivity index (χ4v) is 4.09. The minimum atomic E-state index is -3.97. The van der Waals surface area contributed by atoms with Crippen LogP contribution >= 0.6 is 11.6 Å². The predicted octanol–water partition coefficient (Wildman–Crippen LogP) is 3.17. The molecule has 2 aromatic rings. The lowest BCUT2D eigenvalue weighted by atomic mass is 10.1. The lowest BCUT2D eigenvalue weighted by Crippen LogP contribution is -2.27. The van der Waals surface area contributed by atoms with E-state index >= 15 is 0 Å². The highest BCUT2D eigenvalue weighted by Crippen LogP contribution is 2.28. The van der Waals surface area contributed by atoms with E-state index in [1.807, 2.05) is 0 Å². The van der Waals surface area contributed by atoms with E-state index < -0.39 is 22.0 Å². The van der Waals surface area contributed by atoms with Gasteiger partial charge in [0, 0.05) is 11.6 Å². The summed E-state index contributed by atoms with van der Waals surface area (Å²) in [6.07, 6.45) is 0. The van der Waals surface area contributed by atoms with Crippen LogP contribution < -0.4 is 9.46 Å². The zero-order valence-corrected chi connectivity index (χ0v) is 15.5. The summed E-state index contributed by atoms with van der Waals surface area (Å²) in [5.74, 6) is -0.0852. The molecule has 0 aromatic heterocycles. The summed E-state index contributed by atoms with van der Waals surface area (Å²) < 4.78 is 37.8. The van der Waals surface area contributed by atoms with Crippen molar-refractivity contribution in [1.29, 1.82) is 0 Å². The second kappa shape index (κ2) is 7.86. The number of nitrogens with one attached hydrogen (secondary N) is 1. The largest absolute Gasteiger partial charge is 0.496 e. The van der Waals surface area contributed by atoms with E-state index in [4.69, 9.17) is 16.3 Å². The smallest absolute Gasteiger partial charge is 0.337 e. The number of esters is 1. The Labute approximate surface area is 151 Å². The molecule has 0 saturated heterocycles. The van der Waals surface area contributed by atoms with Gasteiger partial charge in [0.2, 0.25) is 10.0 Å². The van der Waals surface area contributed by atoms with Crippen LogP contribution in [0.5, 0.6) is 5.75 Å². The van der Waals surface area contributed by atoms with Gasteiger partial charge in [0.25, 0.3) is 0 Å². The number of methoxy groups -OCH3 is 2. The molecule has 6 nitrogen and oxygen atoms in total. The van der Waals surface area contributed by atoms with E-state index in [-0.39, 0.29) is 15.5 Å². The first kappa shape index (κ1) is 19.2. The maximum atomic E-state index is 12.7. The van der Waals surface area contributed by atoms with Crippen LogP contribution in [0.1, 0.15) is 28.9 Å². The lowest BCUT2D eigenvalue weighted by Gasteiger charge is -2.18. The van der Waals surface area contributed by atoms with Crippen molar-refractivity contribution >= 4 is 27.6 Å². The first-order valence-corrected chi connectivity index (χ1v) is 9.19. The van der Waals surface area contributed by atoms with Crippen molar-refractivity contribution < 1.29 is 22.7 Å². The van der Waals surface area contributed by atoms with Gasteiger partial charge in [0.05, 0.1) is 24.8 Å². The Morgan fingerprint density at radius 3 is 2.48 bits per heavy atom. The Balaban J connectivity index is 2.37. The van der Waals surface area contributed by atoms with Crippen LogP contribution in [0.15, 0.2) is 47.4 Å². The molecule has 0 aliphatic heterocycles. The minimum Gasteiger partial charge on any atom is -0.496 e. The van der Waals surface area contributed by atoms with Crippen LogP contribution in [0.2, 0.25) is 5.02 Å². The standard InChI is InChI=1S/C17H18ClNO5S/c1-11(13-6-4-5-7-15(13)23-2)19-25(21,22)16-10-12(17(20)24-3)8-9-14(16)18/h4-11,19H,1-3H3/t11-/m1/s1.